The topological polar surface area (TPSA) is 76.7 Å². The smallest absolute Gasteiger partial charge is 0.255 e. The second-order valence-electron chi connectivity index (χ2n) is 7.07. The number of benzene rings is 2. The van der Waals surface area contributed by atoms with Gasteiger partial charge >= 0.3 is 0 Å². The summed E-state index contributed by atoms with van der Waals surface area (Å²) in [7, 11) is 0. The van der Waals surface area contributed by atoms with E-state index in [0.29, 0.717) is 23.4 Å². The van der Waals surface area contributed by atoms with Gasteiger partial charge in [0.15, 0.2) is 0 Å². The van der Waals surface area contributed by atoms with Gasteiger partial charge < -0.3 is 20.1 Å². The first-order valence-electron chi connectivity index (χ1n) is 9.59. The van der Waals surface area contributed by atoms with Crippen LogP contribution < -0.4 is 15.4 Å². The second kappa shape index (κ2) is 9.37. The van der Waals surface area contributed by atoms with Crippen LogP contribution in [0.15, 0.2) is 48.5 Å². The van der Waals surface area contributed by atoms with Crippen molar-refractivity contribution in [1.82, 2.24) is 5.32 Å². The van der Waals surface area contributed by atoms with Gasteiger partial charge in [-0.3, -0.25) is 9.59 Å². The molecule has 2 aromatic rings. The minimum atomic E-state index is -0.216. The fourth-order valence-corrected chi connectivity index (χ4v) is 2.98. The number of hydrogen-bond acceptors (Lipinski definition) is 4. The maximum absolute atomic E-state index is 12.4. The quantitative estimate of drug-likeness (QED) is 0.767. The fraction of sp³-hybridized carbons (Fsp3) is 0.364. The van der Waals surface area contributed by atoms with E-state index in [1.165, 1.54) is 0 Å². The monoisotopic (exact) mass is 382 g/mol. The number of carbonyl (C=O) groups is 2. The Morgan fingerprint density at radius 3 is 2.29 bits per heavy atom. The van der Waals surface area contributed by atoms with Gasteiger partial charge in [0.25, 0.3) is 11.8 Å². The molecule has 1 unspecified atom stereocenters. The summed E-state index contributed by atoms with van der Waals surface area (Å²) in [5.41, 5.74) is 1.71. The van der Waals surface area contributed by atoms with Crippen LogP contribution in [0.25, 0.3) is 0 Å². The predicted octanol–water partition coefficient (Wildman–Crippen LogP) is 3.63. The largest absolute Gasteiger partial charge is 0.491 e. The van der Waals surface area contributed by atoms with Crippen molar-refractivity contribution in [3.63, 3.8) is 0 Å². The van der Waals surface area contributed by atoms with E-state index < -0.39 is 0 Å². The SMILES string of the molecule is CC(C)Oc1ccc(C(=O)Nc2ccc(C(=O)NCC3CCCO3)cc2)cc1. The van der Waals surface area contributed by atoms with Crippen molar-refractivity contribution in [1.29, 1.82) is 0 Å². The lowest BCUT2D eigenvalue weighted by Gasteiger charge is -2.11. The molecule has 6 heteroatoms. The van der Waals surface area contributed by atoms with Crippen LogP contribution in [-0.4, -0.2) is 37.2 Å². The fourth-order valence-electron chi connectivity index (χ4n) is 2.98. The molecule has 0 bridgehead atoms. The molecule has 1 aliphatic rings. The van der Waals surface area contributed by atoms with E-state index >= 15 is 0 Å². The molecule has 1 saturated heterocycles. The molecule has 1 atom stereocenters. The van der Waals surface area contributed by atoms with Crippen molar-refractivity contribution in [2.45, 2.75) is 38.9 Å². The molecule has 6 nitrogen and oxygen atoms in total. The van der Waals surface area contributed by atoms with Crippen molar-refractivity contribution in [2.75, 3.05) is 18.5 Å². The lowest BCUT2D eigenvalue weighted by molar-refractivity contribution is 0.0857. The number of amides is 2. The van der Waals surface area contributed by atoms with E-state index in [1.54, 1.807) is 48.5 Å². The summed E-state index contributed by atoms with van der Waals surface area (Å²) in [5.74, 6) is 0.366. The molecule has 0 aromatic heterocycles. The molecule has 0 radical (unpaired) electrons. The van der Waals surface area contributed by atoms with E-state index in [1.807, 2.05) is 13.8 Å². The summed E-state index contributed by atoms with van der Waals surface area (Å²) in [4.78, 5) is 24.6. The minimum absolute atomic E-state index is 0.0843. The summed E-state index contributed by atoms with van der Waals surface area (Å²) < 4.78 is 11.1. The highest BCUT2D eigenvalue weighted by Gasteiger charge is 2.16. The molecule has 0 aliphatic carbocycles. The van der Waals surface area contributed by atoms with Crippen molar-refractivity contribution >= 4 is 17.5 Å². The van der Waals surface area contributed by atoms with Gasteiger partial charge in [-0.2, -0.15) is 0 Å². The minimum Gasteiger partial charge on any atom is -0.491 e. The first-order valence-corrected chi connectivity index (χ1v) is 9.59. The van der Waals surface area contributed by atoms with Crippen LogP contribution in [0.3, 0.4) is 0 Å². The van der Waals surface area contributed by atoms with Crippen LogP contribution in [0.5, 0.6) is 5.75 Å². The van der Waals surface area contributed by atoms with E-state index in [-0.39, 0.29) is 24.0 Å². The third-order valence-corrected chi connectivity index (χ3v) is 4.41. The lowest BCUT2D eigenvalue weighted by atomic mass is 10.1. The Morgan fingerprint density at radius 1 is 1.04 bits per heavy atom. The molecule has 1 heterocycles. The Kier molecular flexibility index (Phi) is 6.66. The lowest BCUT2D eigenvalue weighted by Crippen LogP contribution is -2.31. The zero-order valence-corrected chi connectivity index (χ0v) is 16.2. The third-order valence-electron chi connectivity index (χ3n) is 4.41. The molecular weight excluding hydrogens is 356 g/mol. The molecule has 1 aliphatic heterocycles. The molecule has 2 N–H and O–H groups in total. The van der Waals surface area contributed by atoms with Gasteiger partial charge in [-0.25, -0.2) is 0 Å². The zero-order valence-electron chi connectivity index (χ0n) is 16.2. The Bertz CT molecular complexity index is 794. The van der Waals surface area contributed by atoms with Crippen molar-refractivity contribution in [3.8, 4) is 5.75 Å². The van der Waals surface area contributed by atoms with Gasteiger partial charge in [0.05, 0.1) is 12.2 Å². The highest BCUT2D eigenvalue weighted by Crippen LogP contribution is 2.16. The molecule has 2 aromatic carbocycles. The average Bonchev–Trinajstić information content (AvgIpc) is 3.20. The highest BCUT2D eigenvalue weighted by atomic mass is 16.5. The van der Waals surface area contributed by atoms with Crippen molar-refractivity contribution in [3.05, 3.63) is 59.7 Å². The maximum atomic E-state index is 12.4. The van der Waals surface area contributed by atoms with E-state index in [0.717, 1.165) is 25.2 Å². The standard InChI is InChI=1S/C22H26N2O4/c1-15(2)28-19-11-7-17(8-12-19)22(26)24-18-9-5-16(6-10-18)21(25)23-14-20-4-3-13-27-20/h5-12,15,20H,3-4,13-14H2,1-2H3,(H,23,25)(H,24,26). The molecule has 3 rings (SSSR count). The van der Waals surface area contributed by atoms with E-state index in [4.69, 9.17) is 9.47 Å². The van der Waals surface area contributed by atoms with Crippen LogP contribution >= 0.6 is 0 Å². The maximum Gasteiger partial charge on any atom is 0.255 e. The Morgan fingerprint density at radius 2 is 1.68 bits per heavy atom. The highest BCUT2D eigenvalue weighted by molar-refractivity contribution is 6.04. The van der Waals surface area contributed by atoms with Crippen LogP contribution in [0.1, 0.15) is 47.4 Å². The average molecular weight is 382 g/mol. The Hall–Kier alpha value is -2.86. The molecule has 1 fully saturated rings. The summed E-state index contributed by atoms with van der Waals surface area (Å²) in [6.07, 6.45) is 2.22. The van der Waals surface area contributed by atoms with Crippen LogP contribution in [0, 0.1) is 0 Å². The number of hydrogen-bond donors (Lipinski definition) is 2. The van der Waals surface area contributed by atoms with Crippen LogP contribution in [-0.2, 0) is 4.74 Å². The van der Waals surface area contributed by atoms with Gasteiger partial charge in [-0.1, -0.05) is 0 Å². The Balaban J connectivity index is 1.52. The summed E-state index contributed by atoms with van der Waals surface area (Å²) in [6, 6.07) is 13.8. The number of nitrogens with one attached hydrogen (secondary N) is 2. The van der Waals surface area contributed by atoms with E-state index in [2.05, 4.69) is 10.6 Å². The molecule has 2 amide bonds. The Labute approximate surface area is 165 Å². The predicted molar refractivity (Wildman–Crippen MR) is 108 cm³/mol. The number of ether oxygens (including phenoxy) is 2. The first-order chi connectivity index (χ1) is 13.5. The molecule has 28 heavy (non-hydrogen) atoms. The van der Waals surface area contributed by atoms with Gasteiger partial charge in [0.1, 0.15) is 5.75 Å². The number of carbonyl (C=O) groups excluding carboxylic acids is 2. The second-order valence-corrected chi connectivity index (χ2v) is 7.07. The molecule has 0 saturated carbocycles. The molecule has 148 valence electrons. The van der Waals surface area contributed by atoms with Gasteiger partial charge in [-0.05, 0) is 75.2 Å². The summed E-state index contributed by atoms with van der Waals surface area (Å²) in [5, 5.41) is 5.71. The third kappa shape index (κ3) is 5.57. The van der Waals surface area contributed by atoms with Gasteiger partial charge in [0.2, 0.25) is 0 Å². The van der Waals surface area contributed by atoms with Crippen molar-refractivity contribution in [2.24, 2.45) is 0 Å². The first kappa shape index (κ1) is 19.9. The van der Waals surface area contributed by atoms with Crippen LogP contribution in [0.2, 0.25) is 0 Å². The summed E-state index contributed by atoms with van der Waals surface area (Å²) in [6.45, 7) is 5.19. The molecule has 0 spiro atoms. The zero-order chi connectivity index (χ0) is 19.9. The van der Waals surface area contributed by atoms with Gasteiger partial charge in [0, 0.05) is 30.0 Å². The van der Waals surface area contributed by atoms with Gasteiger partial charge in [-0.15, -0.1) is 0 Å². The normalized spacial score (nSPS) is 16.0. The molecular formula is C22H26N2O4. The number of rotatable bonds is 7. The van der Waals surface area contributed by atoms with E-state index in [9.17, 15) is 9.59 Å². The summed E-state index contributed by atoms with van der Waals surface area (Å²) >= 11 is 0. The van der Waals surface area contributed by atoms with Crippen LogP contribution in [0.4, 0.5) is 5.69 Å². The number of anilines is 1. The van der Waals surface area contributed by atoms with Crippen molar-refractivity contribution < 1.29 is 19.1 Å².